The van der Waals surface area contributed by atoms with Crippen LogP contribution in [0.15, 0.2) is 6.20 Å². The van der Waals surface area contributed by atoms with Crippen molar-refractivity contribution in [2.24, 2.45) is 0 Å². The zero-order valence-electron chi connectivity index (χ0n) is 14.0. The fourth-order valence-corrected chi connectivity index (χ4v) is 2.58. The van der Waals surface area contributed by atoms with Gasteiger partial charge in [-0.25, -0.2) is 9.78 Å². The van der Waals surface area contributed by atoms with E-state index >= 15 is 0 Å². The molecule has 2 rings (SSSR count). The number of hydrogen-bond donors (Lipinski definition) is 0. The fourth-order valence-electron chi connectivity index (χ4n) is 2.45. The predicted octanol–water partition coefficient (Wildman–Crippen LogP) is 2.48. The molecule has 1 amide bonds. The second kappa shape index (κ2) is 6.76. The summed E-state index contributed by atoms with van der Waals surface area (Å²) in [6.07, 6.45) is 0.696. The Hall–Kier alpha value is -2.16. The van der Waals surface area contributed by atoms with Crippen LogP contribution in [0.3, 0.4) is 0 Å². The van der Waals surface area contributed by atoms with E-state index in [1.54, 1.807) is 30.6 Å². The van der Waals surface area contributed by atoms with Gasteiger partial charge in [0, 0.05) is 25.7 Å². The molecule has 1 fully saturated rings. The number of halogens is 1. The Labute approximate surface area is 144 Å². The van der Waals surface area contributed by atoms with Crippen LogP contribution in [0, 0.1) is 10.1 Å². The van der Waals surface area contributed by atoms with E-state index in [4.69, 9.17) is 16.3 Å². The van der Waals surface area contributed by atoms with Gasteiger partial charge < -0.3 is 14.5 Å². The number of hydrogen-bond acceptors (Lipinski definition) is 7. The molecular formula is C14H20ClN5O4. The number of ether oxygens (including phenoxy) is 1. The average molecular weight is 358 g/mol. The highest BCUT2D eigenvalue weighted by Crippen LogP contribution is 2.29. The molecule has 10 heteroatoms. The highest BCUT2D eigenvalue weighted by atomic mass is 35.5. The molecule has 1 aliphatic rings. The molecular weight excluding hydrogens is 338 g/mol. The standard InChI is InChI=1S/C14H20ClN5O4/c1-9-8-18(13(21)24-14(2,3)4)5-6-19(9)11-10(20(22)23)7-16-12(15)17-11/h7,9H,5-6,8H2,1-4H3/t9-/m0/s1. The van der Waals surface area contributed by atoms with Gasteiger partial charge >= 0.3 is 11.8 Å². The van der Waals surface area contributed by atoms with Gasteiger partial charge in [-0.3, -0.25) is 10.1 Å². The first kappa shape index (κ1) is 18.2. The van der Waals surface area contributed by atoms with Crippen molar-refractivity contribution in [3.63, 3.8) is 0 Å². The zero-order chi connectivity index (χ0) is 18.1. The van der Waals surface area contributed by atoms with Crippen LogP contribution in [0.4, 0.5) is 16.3 Å². The van der Waals surface area contributed by atoms with Gasteiger partial charge in [0.1, 0.15) is 11.8 Å². The lowest BCUT2D eigenvalue weighted by Crippen LogP contribution is -2.55. The maximum absolute atomic E-state index is 12.2. The van der Waals surface area contributed by atoms with Crippen LogP contribution in [-0.2, 0) is 4.74 Å². The summed E-state index contributed by atoms with van der Waals surface area (Å²) in [7, 11) is 0. The van der Waals surface area contributed by atoms with Crippen molar-refractivity contribution in [1.82, 2.24) is 14.9 Å². The van der Waals surface area contributed by atoms with Crippen molar-refractivity contribution >= 4 is 29.2 Å². The summed E-state index contributed by atoms with van der Waals surface area (Å²) in [5.74, 6) is 0.163. The lowest BCUT2D eigenvalue weighted by atomic mass is 10.2. The Morgan fingerprint density at radius 3 is 2.67 bits per heavy atom. The first-order chi connectivity index (χ1) is 11.1. The largest absolute Gasteiger partial charge is 0.444 e. The number of rotatable bonds is 2. The third-order valence-corrected chi connectivity index (χ3v) is 3.65. The van der Waals surface area contributed by atoms with Gasteiger partial charge in [0.15, 0.2) is 0 Å². The van der Waals surface area contributed by atoms with Crippen molar-refractivity contribution in [3.05, 3.63) is 21.6 Å². The minimum atomic E-state index is -0.573. The van der Waals surface area contributed by atoms with Gasteiger partial charge in [0.25, 0.3) is 0 Å². The molecule has 0 aromatic carbocycles. The second-order valence-corrected chi connectivity index (χ2v) is 6.91. The van der Waals surface area contributed by atoms with Crippen LogP contribution < -0.4 is 4.90 Å². The topological polar surface area (TPSA) is 102 Å². The number of carbonyl (C=O) groups excluding carboxylic acids is 1. The Bertz CT molecular complexity index is 649. The molecule has 0 unspecified atom stereocenters. The Kier molecular flexibility index (Phi) is 5.12. The van der Waals surface area contributed by atoms with E-state index in [1.165, 1.54) is 0 Å². The Balaban J connectivity index is 2.16. The van der Waals surface area contributed by atoms with Crippen LogP contribution in [-0.4, -0.2) is 57.2 Å². The molecule has 0 radical (unpaired) electrons. The quantitative estimate of drug-likeness (QED) is 0.455. The fraction of sp³-hybridized carbons (Fsp3) is 0.643. The van der Waals surface area contributed by atoms with E-state index in [9.17, 15) is 14.9 Å². The van der Waals surface area contributed by atoms with E-state index in [0.29, 0.717) is 19.6 Å². The van der Waals surface area contributed by atoms with Crippen LogP contribution >= 0.6 is 11.6 Å². The number of amides is 1. The molecule has 24 heavy (non-hydrogen) atoms. The summed E-state index contributed by atoms with van der Waals surface area (Å²) < 4.78 is 5.36. The van der Waals surface area contributed by atoms with Crippen molar-refractivity contribution < 1.29 is 14.5 Å². The number of nitrogens with zero attached hydrogens (tertiary/aromatic N) is 5. The highest BCUT2D eigenvalue weighted by Gasteiger charge is 2.33. The number of nitro groups is 1. The SMILES string of the molecule is C[C@H]1CN(C(=O)OC(C)(C)C)CCN1c1nc(Cl)ncc1[N+](=O)[O-]. The van der Waals surface area contributed by atoms with Gasteiger partial charge in [-0.05, 0) is 39.3 Å². The van der Waals surface area contributed by atoms with Crippen LogP contribution in [0.5, 0.6) is 0 Å². The lowest BCUT2D eigenvalue weighted by Gasteiger charge is -2.40. The number of anilines is 1. The molecule has 1 aliphatic heterocycles. The van der Waals surface area contributed by atoms with Gasteiger partial charge in [-0.2, -0.15) is 4.98 Å². The number of piperazine rings is 1. The summed E-state index contributed by atoms with van der Waals surface area (Å²) in [5.41, 5.74) is -0.784. The van der Waals surface area contributed by atoms with E-state index in [-0.39, 0.29) is 22.8 Å². The smallest absolute Gasteiger partial charge is 0.410 e. The average Bonchev–Trinajstić information content (AvgIpc) is 2.44. The number of aromatic nitrogens is 2. The lowest BCUT2D eigenvalue weighted by molar-refractivity contribution is -0.384. The molecule has 0 bridgehead atoms. The summed E-state index contributed by atoms with van der Waals surface area (Å²) in [6.45, 7) is 8.39. The Morgan fingerprint density at radius 2 is 2.12 bits per heavy atom. The second-order valence-electron chi connectivity index (χ2n) is 6.57. The molecule has 0 aliphatic carbocycles. The minimum Gasteiger partial charge on any atom is -0.444 e. The van der Waals surface area contributed by atoms with Crippen molar-refractivity contribution in [1.29, 1.82) is 0 Å². The van der Waals surface area contributed by atoms with Gasteiger partial charge in [-0.1, -0.05) is 0 Å². The van der Waals surface area contributed by atoms with Crippen molar-refractivity contribution in [2.45, 2.75) is 39.3 Å². The van der Waals surface area contributed by atoms with Gasteiger partial charge in [0.2, 0.25) is 11.1 Å². The van der Waals surface area contributed by atoms with Gasteiger partial charge in [-0.15, -0.1) is 0 Å². The van der Waals surface area contributed by atoms with Crippen LogP contribution in [0.1, 0.15) is 27.7 Å². The number of carbonyl (C=O) groups is 1. The van der Waals surface area contributed by atoms with E-state index in [0.717, 1.165) is 6.20 Å². The normalized spacial score (nSPS) is 18.5. The molecule has 0 spiro atoms. The maximum atomic E-state index is 12.2. The molecule has 9 nitrogen and oxygen atoms in total. The molecule has 0 saturated carbocycles. The molecule has 2 heterocycles. The van der Waals surface area contributed by atoms with Crippen LogP contribution in [0.25, 0.3) is 0 Å². The van der Waals surface area contributed by atoms with E-state index < -0.39 is 16.6 Å². The van der Waals surface area contributed by atoms with E-state index in [1.807, 2.05) is 6.92 Å². The third kappa shape index (κ3) is 4.22. The Morgan fingerprint density at radius 1 is 1.46 bits per heavy atom. The summed E-state index contributed by atoms with van der Waals surface area (Å²) in [5, 5.41) is 11.1. The minimum absolute atomic E-state index is 0.0580. The first-order valence-electron chi connectivity index (χ1n) is 7.50. The van der Waals surface area contributed by atoms with E-state index in [2.05, 4.69) is 9.97 Å². The molecule has 0 N–H and O–H groups in total. The predicted molar refractivity (Wildman–Crippen MR) is 88.3 cm³/mol. The van der Waals surface area contributed by atoms with Gasteiger partial charge in [0.05, 0.1) is 4.92 Å². The summed E-state index contributed by atoms with van der Waals surface area (Å²) in [4.78, 5) is 33.8. The van der Waals surface area contributed by atoms with Crippen molar-refractivity contribution in [3.8, 4) is 0 Å². The monoisotopic (exact) mass is 357 g/mol. The summed E-state index contributed by atoms with van der Waals surface area (Å²) in [6, 6.07) is -0.184. The molecule has 1 aromatic rings. The summed E-state index contributed by atoms with van der Waals surface area (Å²) >= 11 is 5.78. The zero-order valence-corrected chi connectivity index (χ0v) is 14.8. The molecule has 1 aromatic heterocycles. The highest BCUT2D eigenvalue weighted by molar-refractivity contribution is 6.28. The molecule has 1 atom stereocenters. The van der Waals surface area contributed by atoms with Crippen molar-refractivity contribution in [2.75, 3.05) is 24.5 Å². The molecule has 1 saturated heterocycles. The molecule has 132 valence electrons. The first-order valence-corrected chi connectivity index (χ1v) is 7.88. The maximum Gasteiger partial charge on any atom is 0.410 e. The van der Waals surface area contributed by atoms with Crippen LogP contribution in [0.2, 0.25) is 5.28 Å². The third-order valence-electron chi connectivity index (χ3n) is 3.47.